The van der Waals surface area contributed by atoms with Crippen LogP contribution < -0.4 is 5.32 Å². The zero-order chi connectivity index (χ0) is 16.9. The molecule has 1 heterocycles. The van der Waals surface area contributed by atoms with Gasteiger partial charge in [0.2, 0.25) is 5.91 Å². The molecule has 3 rings (SSSR count). The van der Waals surface area contributed by atoms with Crippen LogP contribution in [0.5, 0.6) is 0 Å². The minimum atomic E-state index is 0.0331. The molecule has 0 radical (unpaired) electrons. The highest BCUT2D eigenvalue weighted by molar-refractivity contribution is 7.99. The Hall–Kier alpha value is -1.08. The molecule has 0 aliphatic heterocycles. The third kappa shape index (κ3) is 5.21. The summed E-state index contributed by atoms with van der Waals surface area (Å²) in [6.45, 7) is 6.26. The summed E-state index contributed by atoms with van der Waals surface area (Å²) in [5.41, 5.74) is 0. The first-order chi connectivity index (χ1) is 11.6. The molecule has 0 spiro atoms. The molecule has 134 valence electrons. The molecule has 1 amide bonds. The van der Waals surface area contributed by atoms with Crippen LogP contribution >= 0.6 is 11.8 Å². The second-order valence-electron chi connectivity index (χ2n) is 7.15. The van der Waals surface area contributed by atoms with Gasteiger partial charge in [0.25, 0.3) is 0 Å². The summed E-state index contributed by atoms with van der Waals surface area (Å²) in [6, 6.07) is 0.565. The largest absolute Gasteiger partial charge is 0.380 e. The maximum Gasteiger partial charge on any atom is 0.230 e. The summed E-state index contributed by atoms with van der Waals surface area (Å²) in [6.07, 6.45) is 5.94. The van der Waals surface area contributed by atoms with Crippen LogP contribution in [0.15, 0.2) is 5.16 Å². The Kier molecular flexibility index (Phi) is 6.16. The number of ether oxygens (including phenoxy) is 1. The topological polar surface area (TPSA) is 69.0 Å². The van der Waals surface area contributed by atoms with Crippen molar-refractivity contribution in [1.82, 2.24) is 20.1 Å². The molecule has 6 nitrogen and oxygen atoms in total. The van der Waals surface area contributed by atoms with Crippen molar-refractivity contribution >= 4 is 17.7 Å². The van der Waals surface area contributed by atoms with E-state index in [1.165, 1.54) is 37.4 Å². The van der Waals surface area contributed by atoms with Gasteiger partial charge in [-0.15, -0.1) is 10.2 Å². The molecule has 7 heteroatoms. The first kappa shape index (κ1) is 17.7. The van der Waals surface area contributed by atoms with Gasteiger partial charge >= 0.3 is 0 Å². The first-order valence-corrected chi connectivity index (χ1v) is 10.1. The smallest absolute Gasteiger partial charge is 0.230 e. The predicted molar refractivity (Wildman–Crippen MR) is 94.3 cm³/mol. The third-order valence-electron chi connectivity index (χ3n) is 4.29. The highest BCUT2D eigenvalue weighted by Crippen LogP contribution is 2.45. The summed E-state index contributed by atoms with van der Waals surface area (Å²) in [5.74, 6) is 2.82. The summed E-state index contributed by atoms with van der Waals surface area (Å²) >= 11 is 1.50. The van der Waals surface area contributed by atoms with E-state index < -0.39 is 0 Å². The Balaban J connectivity index is 1.36. The van der Waals surface area contributed by atoms with E-state index in [9.17, 15) is 4.79 Å². The standard InChI is InChI=1S/C17H28N4O2S/c1-12(2)7-9-23-10-8-18-15(22)11-24-17-20-19-16(13-3-4-13)21(17)14-5-6-14/h12-14H,3-11H2,1-2H3,(H,18,22). The highest BCUT2D eigenvalue weighted by atomic mass is 32.2. The zero-order valence-electron chi connectivity index (χ0n) is 14.7. The number of amides is 1. The van der Waals surface area contributed by atoms with E-state index >= 15 is 0 Å². The van der Waals surface area contributed by atoms with Crippen LogP contribution in [0.25, 0.3) is 0 Å². The number of hydrogen-bond donors (Lipinski definition) is 1. The molecule has 1 aromatic rings. The SMILES string of the molecule is CC(C)CCOCCNC(=O)CSc1nnc(C2CC2)n1C1CC1. The van der Waals surface area contributed by atoms with Crippen molar-refractivity contribution in [2.24, 2.45) is 5.92 Å². The lowest BCUT2D eigenvalue weighted by Gasteiger charge is -2.09. The second-order valence-corrected chi connectivity index (χ2v) is 8.09. The van der Waals surface area contributed by atoms with Crippen LogP contribution in [0.3, 0.4) is 0 Å². The number of rotatable bonds is 11. The fourth-order valence-electron chi connectivity index (χ4n) is 2.55. The van der Waals surface area contributed by atoms with Crippen LogP contribution in [0, 0.1) is 5.92 Å². The molecule has 0 aromatic carbocycles. The molecule has 24 heavy (non-hydrogen) atoms. The van der Waals surface area contributed by atoms with Crippen molar-refractivity contribution in [2.75, 3.05) is 25.5 Å². The van der Waals surface area contributed by atoms with Gasteiger partial charge in [-0.1, -0.05) is 25.6 Å². The van der Waals surface area contributed by atoms with Gasteiger partial charge in [-0.3, -0.25) is 4.79 Å². The van der Waals surface area contributed by atoms with Crippen molar-refractivity contribution in [3.8, 4) is 0 Å². The minimum absolute atomic E-state index is 0.0331. The first-order valence-electron chi connectivity index (χ1n) is 9.07. The van der Waals surface area contributed by atoms with Gasteiger partial charge in [-0.25, -0.2) is 0 Å². The fourth-order valence-corrected chi connectivity index (χ4v) is 3.39. The van der Waals surface area contributed by atoms with E-state index in [1.54, 1.807) is 0 Å². The molecule has 2 saturated carbocycles. The monoisotopic (exact) mass is 352 g/mol. The summed E-state index contributed by atoms with van der Waals surface area (Å²) in [4.78, 5) is 12.0. The number of carbonyl (C=O) groups excluding carboxylic acids is 1. The highest BCUT2D eigenvalue weighted by Gasteiger charge is 2.36. The van der Waals surface area contributed by atoms with Crippen LogP contribution in [0.4, 0.5) is 0 Å². The van der Waals surface area contributed by atoms with Crippen molar-refractivity contribution in [3.05, 3.63) is 5.82 Å². The Bertz CT molecular complexity index is 553. The lowest BCUT2D eigenvalue weighted by Crippen LogP contribution is -2.29. The van der Waals surface area contributed by atoms with E-state index in [0.29, 0.717) is 36.8 Å². The quantitative estimate of drug-likeness (QED) is 0.490. The van der Waals surface area contributed by atoms with Crippen molar-refractivity contribution in [3.63, 3.8) is 0 Å². The Morgan fingerprint density at radius 2 is 2.08 bits per heavy atom. The Morgan fingerprint density at radius 1 is 1.29 bits per heavy atom. The van der Waals surface area contributed by atoms with Crippen LogP contribution in [0.1, 0.15) is 63.7 Å². The fraction of sp³-hybridized carbons (Fsp3) is 0.824. The number of hydrogen-bond acceptors (Lipinski definition) is 5. The van der Waals surface area contributed by atoms with Gasteiger partial charge in [0.1, 0.15) is 5.82 Å². The number of nitrogens with one attached hydrogen (secondary N) is 1. The molecular formula is C17H28N4O2S. The molecule has 0 bridgehead atoms. The molecule has 1 aromatic heterocycles. The maximum atomic E-state index is 12.0. The number of thioether (sulfide) groups is 1. The number of aromatic nitrogens is 3. The number of nitrogens with zero attached hydrogens (tertiary/aromatic N) is 3. The number of carbonyl (C=O) groups is 1. The third-order valence-corrected chi connectivity index (χ3v) is 5.23. The second kappa shape index (κ2) is 8.34. The lowest BCUT2D eigenvalue weighted by atomic mass is 10.1. The van der Waals surface area contributed by atoms with Crippen LogP contribution in [-0.2, 0) is 9.53 Å². The normalized spacial score (nSPS) is 17.5. The van der Waals surface area contributed by atoms with Gasteiger partial charge < -0.3 is 14.6 Å². The zero-order valence-corrected chi connectivity index (χ0v) is 15.5. The van der Waals surface area contributed by atoms with E-state index in [4.69, 9.17) is 4.74 Å². The molecular weight excluding hydrogens is 324 g/mol. The Labute approximate surface area is 148 Å². The van der Waals surface area contributed by atoms with Crippen molar-refractivity contribution in [1.29, 1.82) is 0 Å². The predicted octanol–water partition coefficient (Wildman–Crippen LogP) is 2.76. The molecule has 0 unspecified atom stereocenters. The molecule has 0 atom stereocenters. The van der Waals surface area contributed by atoms with Crippen molar-refractivity contribution in [2.45, 2.75) is 63.1 Å². The van der Waals surface area contributed by atoms with Crippen LogP contribution in [0.2, 0.25) is 0 Å². The molecule has 2 aliphatic carbocycles. The van der Waals surface area contributed by atoms with Gasteiger partial charge in [-0.05, 0) is 38.0 Å². The van der Waals surface area contributed by atoms with E-state index in [0.717, 1.165) is 24.0 Å². The molecule has 0 saturated heterocycles. The average Bonchev–Trinajstić information content (AvgIpc) is 3.47. The summed E-state index contributed by atoms with van der Waals surface area (Å²) in [5, 5.41) is 12.5. The van der Waals surface area contributed by atoms with Gasteiger partial charge in [0.05, 0.1) is 12.4 Å². The van der Waals surface area contributed by atoms with Gasteiger partial charge in [0.15, 0.2) is 5.16 Å². The summed E-state index contributed by atoms with van der Waals surface area (Å²) < 4.78 is 7.79. The Morgan fingerprint density at radius 3 is 2.75 bits per heavy atom. The molecule has 2 fully saturated rings. The summed E-state index contributed by atoms with van der Waals surface area (Å²) in [7, 11) is 0. The van der Waals surface area contributed by atoms with E-state index in [1.807, 2.05) is 0 Å². The van der Waals surface area contributed by atoms with Crippen LogP contribution in [-0.4, -0.2) is 46.2 Å². The van der Waals surface area contributed by atoms with Crippen molar-refractivity contribution < 1.29 is 9.53 Å². The van der Waals surface area contributed by atoms with E-state index in [2.05, 4.69) is 33.9 Å². The molecule has 1 N–H and O–H groups in total. The van der Waals surface area contributed by atoms with E-state index in [-0.39, 0.29) is 5.91 Å². The average molecular weight is 353 g/mol. The minimum Gasteiger partial charge on any atom is -0.380 e. The lowest BCUT2D eigenvalue weighted by molar-refractivity contribution is -0.118. The van der Waals surface area contributed by atoms with Gasteiger partial charge in [-0.2, -0.15) is 0 Å². The molecule has 2 aliphatic rings. The maximum absolute atomic E-state index is 12.0. The van der Waals surface area contributed by atoms with Gasteiger partial charge in [0, 0.05) is 25.1 Å².